The summed E-state index contributed by atoms with van der Waals surface area (Å²) in [6.07, 6.45) is 0. The zero-order valence-corrected chi connectivity index (χ0v) is 18.0. The van der Waals surface area contributed by atoms with E-state index in [1.807, 2.05) is 30.3 Å². The van der Waals surface area contributed by atoms with E-state index in [9.17, 15) is 18.3 Å². The molecule has 0 aliphatic carbocycles. The highest BCUT2D eigenvalue weighted by Gasteiger charge is 2.57. The molecule has 1 aliphatic heterocycles. The molecule has 160 valence electrons. The van der Waals surface area contributed by atoms with E-state index in [1.165, 1.54) is 26.2 Å². The molecule has 0 aromatic heterocycles. The van der Waals surface area contributed by atoms with Gasteiger partial charge in [-0.1, -0.05) is 66.7 Å². The summed E-state index contributed by atoms with van der Waals surface area (Å²) in [6.45, 7) is 1.35. The SMILES string of the molecule is COC(=O)[C@H]1[C@H](c2ccccc2)c2ccccc2N(S(=O)(=O)c2ccccc2)[C@@]1(C)O. The Morgan fingerprint density at radius 1 is 0.935 bits per heavy atom. The number of benzene rings is 3. The molecule has 0 spiro atoms. The van der Waals surface area contributed by atoms with Crippen molar-refractivity contribution >= 4 is 21.7 Å². The third kappa shape index (κ3) is 3.40. The highest BCUT2D eigenvalue weighted by atomic mass is 32.2. The van der Waals surface area contributed by atoms with Crippen molar-refractivity contribution in [3.8, 4) is 0 Å². The van der Waals surface area contributed by atoms with Crippen LogP contribution < -0.4 is 4.31 Å². The normalized spacial score (nSPS) is 23.1. The molecule has 3 aromatic carbocycles. The molecular weight excluding hydrogens is 414 g/mol. The number of nitrogens with zero attached hydrogens (tertiary/aromatic N) is 1. The van der Waals surface area contributed by atoms with Crippen LogP contribution >= 0.6 is 0 Å². The summed E-state index contributed by atoms with van der Waals surface area (Å²) in [6, 6.07) is 24.0. The maximum absolute atomic E-state index is 13.7. The summed E-state index contributed by atoms with van der Waals surface area (Å²) in [7, 11) is -2.95. The lowest BCUT2D eigenvalue weighted by Gasteiger charge is -2.49. The first-order chi connectivity index (χ1) is 14.8. The van der Waals surface area contributed by atoms with Gasteiger partial charge in [-0.05, 0) is 36.2 Å². The van der Waals surface area contributed by atoms with Crippen LogP contribution in [0.3, 0.4) is 0 Å². The molecule has 0 saturated carbocycles. The smallest absolute Gasteiger partial charge is 0.314 e. The monoisotopic (exact) mass is 437 g/mol. The molecule has 7 heteroatoms. The molecule has 0 fully saturated rings. The van der Waals surface area contributed by atoms with E-state index in [0.29, 0.717) is 11.3 Å². The van der Waals surface area contributed by atoms with Gasteiger partial charge in [-0.3, -0.25) is 4.79 Å². The Bertz CT molecular complexity index is 1190. The van der Waals surface area contributed by atoms with Gasteiger partial charge in [0.25, 0.3) is 10.0 Å². The van der Waals surface area contributed by atoms with Crippen molar-refractivity contribution in [3.05, 3.63) is 96.1 Å². The van der Waals surface area contributed by atoms with Crippen LogP contribution in [0, 0.1) is 5.92 Å². The van der Waals surface area contributed by atoms with E-state index in [2.05, 4.69) is 0 Å². The highest BCUT2D eigenvalue weighted by molar-refractivity contribution is 7.93. The Morgan fingerprint density at radius 2 is 1.48 bits per heavy atom. The van der Waals surface area contributed by atoms with Crippen LogP contribution in [0.15, 0.2) is 89.8 Å². The van der Waals surface area contributed by atoms with E-state index in [-0.39, 0.29) is 4.90 Å². The van der Waals surface area contributed by atoms with Gasteiger partial charge in [0.1, 0.15) is 5.92 Å². The van der Waals surface area contributed by atoms with Gasteiger partial charge < -0.3 is 9.84 Å². The number of hydrogen-bond acceptors (Lipinski definition) is 5. The van der Waals surface area contributed by atoms with Crippen molar-refractivity contribution in [1.29, 1.82) is 0 Å². The molecule has 1 aliphatic rings. The fourth-order valence-electron chi connectivity index (χ4n) is 4.39. The van der Waals surface area contributed by atoms with Gasteiger partial charge in [-0.2, -0.15) is 0 Å². The fourth-order valence-corrected chi connectivity index (χ4v) is 6.13. The molecule has 0 saturated heterocycles. The predicted octanol–water partition coefficient (Wildman–Crippen LogP) is 3.53. The Balaban J connectivity index is 2.03. The Morgan fingerprint density at radius 3 is 2.10 bits per heavy atom. The van der Waals surface area contributed by atoms with Crippen LogP contribution in [0.2, 0.25) is 0 Å². The number of anilines is 1. The zero-order valence-electron chi connectivity index (χ0n) is 17.2. The van der Waals surface area contributed by atoms with Crippen LogP contribution in [0.1, 0.15) is 24.0 Å². The van der Waals surface area contributed by atoms with Gasteiger partial charge in [-0.15, -0.1) is 0 Å². The van der Waals surface area contributed by atoms with E-state index < -0.39 is 33.6 Å². The Labute approximate surface area is 181 Å². The first kappa shape index (κ1) is 21.1. The standard InChI is InChI=1S/C24H23NO5S/c1-24(27)22(23(26)30-2)21(17-11-5-3-6-12-17)19-15-9-10-16-20(19)25(24)31(28,29)18-13-7-4-8-14-18/h3-16,21-22,27H,1-2H3/t21-,22-,24+/m1/s1. The number of aliphatic hydroxyl groups is 1. The molecule has 0 bridgehead atoms. The maximum Gasteiger partial charge on any atom is 0.314 e. The zero-order chi connectivity index (χ0) is 22.2. The maximum atomic E-state index is 13.7. The van der Waals surface area contributed by atoms with Gasteiger partial charge in [0.05, 0.1) is 17.7 Å². The third-order valence-electron chi connectivity index (χ3n) is 5.72. The summed E-state index contributed by atoms with van der Waals surface area (Å²) in [5.41, 5.74) is -0.362. The van der Waals surface area contributed by atoms with Crippen LogP contribution in [-0.4, -0.2) is 32.3 Å². The van der Waals surface area contributed by atoms with Crippen molar-refractivity contribution in [2.24, 2.45) is 5.92 Å². The topological polar surface area (TPSA) is 83.9 Å². The number of carbonyl (C=O) groups is 1. The van der Waals surface area contributed by atoms with Crippen LogP contribution in [-0.2, 0) is 19.6 Å². The van der Waals surface area contributed by atoms with E-state index in [1.54, 1.807) is 42.5 Å². The first-order valence-electron chi connectivity index (χ1n) is 9.84. The van der Waals surface area contributed by atoms with Gasteiger partial charge in [0, 0.05) is 5.92 Å². The van der Waals surface area contributed by atoms with Gasteiger partial charge in [0.15, 0.2) is 5.72 Å². The summed E-state index contributed by atoms with van der Waals surface area (Å²) in [5.74, 6) is -2.48. The lowest BCUT2D eigenvalue weighted by Crippen LogP contribution is -2.61. The van der Waals surface area contributed by atoms with Gasteiger partial charge in [-0.25, -0.2) is 12.7 Å². The molecule has 1 N–H and O–H groups in total. The first-order valence-corrected chi connectivity index (χ1v) is 11.3. The molecule has 4 rings (SSSR count). The number of fused-ring (bicyclic) bond motifs is 1. The van der Waals surface area contributed by atoms with Gasteiger partial charge >= 0.3 is 5.97 Å². The third-order valence-corrected chi connectivity index (χ3v) is 7.63. The molecule has 3 aromatic rings. The number of sulfonamides is 1. The lowest BCUT2D eigenvalue weighted by molar-refractivity contribution is -0.155. The average Bonchev–Trinajstić information content (AvgIpc) is 2.78. The van der Waals surface area contributed by atoms with Crippen molar-refractivity contribution in [3.63, 3.8) is 0 Å². The number of hydrogen-bond donors (Lipinski definition) is 1. The number of carbonyl (C=O) groups excluding carboxylic acids is 1. The summed E-state index contributed by atoms with van der Waals surface area (Å²) in [5, 5.41) is 11.7. The Hall–Kier alpha value is -3.16. The predicted molar refractivity (Wildman–Crippen MR) is 117 cm³/mol. The summed E-state index contributed by atoms with van der Waals surface area (Å²) in [4.78, 5) is 13.0. The number of methoxy groups -OCH3 is 1. The summed E-state index contributed by atoms with van der Waals surface area (Å²) >= 11 is 0. The minimum atomic E-state index is -4.19. The van der Waals surface area contributed by atoms with Crippen LogP contribution in [0.25, 0.3) is 0 Å². The fraction of sp³-hybridized carbons (Fsp3) is 0.208. The van der Waals surface area contributed by atoms with E-state index in [0.717, 1.165) is 9.87 Å². The second-order valence-corrected chi connectivity index (χ2v) is 9.41. The minimum absolute atomic E-state index is 0.0202. The molecule has 3 atom stereocenters. The molecule has 31 heavy (non-hydrogen) atoms. The second-order valence-electron chi connectivity index (χ2n) is 7.62. The molecule has 0 unspecified atom stereocenters. The average molecular weight is 438 g/mol. The quantitative estimate of drug-likeness (QED) is 0.632. The summed E-state index contributed by atoms with van der Waals surface area (Å²) < 4.78 is 33.3. The molecule has 6 nitrogen and oxygen atoms in total. The molecule has 0 amide bonds. The van der Waals surface area contributed by atoms with E-state index in [4.69, 9.17) is 4.74 Å². The number of ether oxygens (including phenoxy) is 1. The number of rotatable bonds is 4. The Kier molecular flexibility index (Phi) is 5.33. The minimum Gasteiger partial charge on any atom is -0.469 e. The highest BCUT2D eigenvalue weighted by Crippen LogP contribution is 2.51. The molecule has 1 heterocycles. The molecular formula is C24H23NO5S. The van der Waals surface area contributed by atoms with Crippen molar-refractivity contribution in [1.82, 2.24) is 0 Å². The molecule has 0 radical (unpaired) electrons. The van der Waals surface area contributed by atoms with Crippen LogP contribution in [0.4, 0.5) is 5.69 Å². The van der Waals surface area contributed by atoms with E-state index >= 15 is 0 Å². The number of esters is 1. The largest absolute Gasteiger partial charge is 0.469 e. The van der Waals surface area contributed by atoms with Crippen molar-refractivity contribution in [2.75, 3.05) is 11.4 Å². The van der Waals surface area contributed by atoms with Crippen LogP contribution in [0.5, 0.6) is 0 Å². The second kappa shape index (κ2) is 7.83. The van der Waals surface area contributed by atoms with Gasteiger partial charge in [0.2, 0.25) is 0 Å². The van der Waals surface area contributed by atoms with Crippen molar-refractivity contribution < 1.29 is 23.1 Å². The van der Waals surface area contributed by atoms with Crippen molar-refractivity contribution in [2.45, 2.75) is 23.5 Å². The lowest BCUT2D eigenvalue weighted by atomic mass is 9.72. The number of para-hydroxylation sites is 1.